The number of aliphatic hydroxyl groups excluding tert-OH is 1. The van der Waals surface area contributed by atoms with Crippen LogP contribution in [0.1, 0.15) is 12.8 Å². The molecule has 0 unspecified atom stereocenters. The molecule has 0 aromatic heterocycles. The standard InChI is InChI=1S/C5H11NO.ClH/c6-5-2-1-4(5)3-7;/h4-5,7H,1-3,6H2;1H/t4-,5-;/m1./s1. The van der Waals surface area contributed by atoms with Gasteiger partial charge in [0.15, 0.2) is 0 Å². The molecule has 2 nitrogen and oxygen atoms in total. The van der Waals surface area contributed by atoms with Crippen LogP contribution >= 0.6 is 12.4 Å². The van der Waals surface area contributed by atoms with Crippen LogP contribution in [0.5, 0.6) is 0 Å². The fourth-order valence-electron chi connectivity index (χ4n) is 0.821. The van der Waals surface area contributed by atoms with Gasteiger partial charge in [-0.2, -0.15) is 0 Å². The average Bonchev–Trinajstić information content (AvgIpc) is 1.65. The molecule has 0 amide bonds. The Labute approximate surface area is 55.5 Å². The first-order chi connectivity index (χ1) is 3.34. The lowest BCUT2D eigenvalue weighted by Crippen LogP contribution is -2.41. The normalized spacial score (nSPS) is 35.2. The largest absolute Gasteiger partial charge is 0.396 e. The molecule has 3 heteroatoms. The van der Waals surface area contributed by atoms with Gasteiger partial charge in [-0.3, -0.25) is 0 Å². The second-order valence-corrected chi connectivity index (χ2v) is 2.18. The molecular weight excluding hydrogens is 126 g/mol. The number of hydrogen-bond acceptors (Lipinski definition) is 2. The molecule has 2 atom stereocenters. The maximum Gasteiger partial charge on any atom is 0.0474 e. The molecule has 8 heavy (non-hydrogen) atoms. The van der Waals surface area contributed by atoms with Crippen LogP contribution in [0, 0.1) is 5.92 Å². The summed E-state index contributed by atoms with van der Waals surface area (Å²) in [4.78, 5) is 0. The first-order valence-corrected chi connectivity index (χ1v) is 2.71. The molecule has 1 aliphatic rings. The fourth-order valence-corrected chi connectivity index (χ4v) is 0.821. The Balaban J connectivity index is 0.000000490. The minimum atomic E-state index is 0. The third-order valence-corrected chi connectivity index (χ3v) is 1.71. The number of aliphatic hydroxyl groups is 1. The highest BCUT2D eigenvalue weighted by atomic mass is 35.5. The van der Waals surface area contributed by atoms with E-state index in [9.17, 15) is 0 Å². The van der Waals surface area contributed by atoms with Gasteiger partial charge in [-0.1, -0.05) is 0 Å². The molecule has 0 aliphatic heterocycles. The van der Waals surface area contributed by atoms with Crippen molar-refractivity contribution in [1.82, 2.24) is 0 Å². The Hall–Kier alpha value is 0.210. The third kappa shape index (κ3) is 1.34. The summed E-state index contributed by atoms with van der Waals surface area (Å²) in [6, 6.07) is 0.296. The second kappa shape index (κ2) is 3.28. The van der Waals surface area contributed by atoms with Gasteiger partial charge in [-0.25, -0.2) is 0 Å². The molecule has 1 aliphatic carbocycles. The van der Waals surface area contributed by atoms with Gasteiger partial charge in [0.1, 0.15) is 0 Å². The lowest BCUT2D eigenvalue weighted by Gasteiger charge is -2.31. The molecule has 0 heterocycles. The smallest absolute Gasteiger partial charge is 0.0474 e. The van der Waals surface area contributed by atoms with Crippen LogP contribution in [0.3, 0.4) is 0 Å². The van der Waals surface area contributed by atoms with Crippen molar-refractivity contribution in [3.8, 4) is 0 Å². The molecule has 0 saturated heterocycles. The zero-order chi connectivity index (χ0) is 5.28. The predicted molar refractivity (Wildman–Crippen MR) is 35.0 cm³/mol. The van der Waals surface area contributed by atoms with Crippen LogP contribution in [-0.4, -0.2) is 17.8 Å². The molecule has 0 radical (unpaired) electrons. The lowest BCUT2D eigenvalue weighted by atomic mass is 9.81. The molecule has 3 N–H and O–H groups in total. The minimum absolute atomic E-state index is 0. The van der Waals surface area contributed by atoms with Crippen molar-refractivity contribution in [2.45, 2.75) is 18.9 Å². The Bertz CT molecular complexity index is 67.4. The van der Waals surface area contributed by atoms with Gasteiger partial charge in [0.2, 0.25) is 0 Å². The first-order valence-electron chi connectivity index (χ1n) is 2.71. The maximum absolute atomic E-state index is 8.48. The zero-order valence-electron chi connectivity index (χ0n) is 4.71. The van der Waals surface area contributed by atoms with Crippen molar-refractivity contribution in [1.29, 1.82) is 0 Å². The van der Waals surface area contributed by atoms with Gasteiger partial charge in [-0.05, 0) is 18.8 Å². The van der Waals surface area contributed by atoms with E-state index in [0.29, 0.717) is 12.0 Å². The highest BCUT2D eigenvalue weighted by Gasteiger charge is 2.25. The maximum atomic E-state index is 8.48. The van der Waals surface area contributed by atoms with E-state index in [1.165, 1.54) is 0 Å². The summed E-state index contributed by atoms with van der Waals surface area (Å²) in [5.41, 5.74) is 5.47. The van der Waals surface area contributed by atoms with E-state index in [1.807, 2.05) is 0 Å². The van der Waals surface area contributed by atoms with E-state index in [0.717, 1.165) is 12.8 Å². The minimum Gasteiger partial charge on any atom is -0.396 e. The van der Waals surface area contributed by atoms with Crippen molar-refractivity contribution < 1.29 is 5.11 Å². The molecule has 0 aromatic carbocycles. The van der Waals surface area contributed by atoms with Crippen molar-refractivity contribution in [2.24, 2.45) is 11.7 Å². The van der Waals surface area contributed by atoms with Gasteiger partial charge >= 0.3 is 0 Å². The summed E-state index contributed by atoms with van der Waals surface area (Å²) in [5, 5.41) is 8.48. The van der Waals surface area contributed by atoms with E-state index in [4.69, 9.17) is 10.8 Å². The van der Waals surface area contributed by atoms with Crippen molar-refractivity contribution in [3.63, 3.8) is 0 Å². The van der Waals surface area contributed by atoms with Crippen molar-refractivity contribution in [3.05, 3.63) is 0 Å². The number of rotatable bonds is 1. The summed E-state index contributed by atoms with van der Waals surface area (Å²) in [7, 11) is 0. The van der Waals surface area contributed by atoms with Gasteiger partial charge in [0.25, 0.3) is 0 Å². The highest BCUT2D eigenvalue weighted by Crippen LogP contribution is 2.23. The summed E-state index contributed by atoms with van der Waals surface area (Å²) in [5.74, 6) is 0.417. The Morgan fingerprint density at radius 1 is 1.50 bits per heavy atom. The van der Waals surface area contributed by atoms with Gasteiger partial charge in [0.05, 0.1) is 0 Å². The van der Waals surface area contributed by atoms with Crippen molar-refractivity contribution >= 4 is 12.4 Å². The highest BCUT2D eigenvalue weighted by molar-refractivity contribution is 5.85. The van der Waals surface area contributed by atoms with E-state index < -0.39 is 0 Å². The predicted octanol–water partition coefficient (Wildman–Crippen LogP) is 0.138. The van der Waals surface area contributed by atoms with Crippen LogP contribution in [0.2, 0.25) is 0 Å². The molecule has 50 valence electrons. The van der Waals surface area contributed by atoms with Crippen LogP contribution in [0.25, 0.3) is 0 Å². The number of halogens is 1. The molecule has 1 fully saturated rings. The van der Waals surface area contributed by atoms with Gasteiger partial charge in [-0.15, -0.1) is 12.4 Å². The van der Waals surface area contributed by atoms with Crippen LogP contribution in [0.15, 0.2) is 0 Å². The number of hydrogen-bond donors (Lipinski definition) is 2. The SMILES string of the molecule is Cl.N[C@@H]1CC[C@@H]1CO. The molecule has 0 aromatic rings. The fraction of sp³-hybridized carbons (Fsp3) is 1.00. The Morgan fingerprint density at radius 3 is 2.12 bits per heavy atom. The molecular formula is C5H12ClNO. The zero-order valence-corrected chi connectivity index (χ0v) is 5.53. The Kier molecular flexibility index (Phi) is 3.36. The van der Waals surface area contributed by atoms with E-state index in [-0.39, 0.29) is 19.0 Å². The molecule has 1 saturated carbocycles. The van der Waals surface area contributed by atoms with Gasteiger partial charge in [0, 0.05) is 12.6 Å². The summed E-state index contributed by atoms with van der Waals surface area (Å²) < 4.78 is 0. The van der Waals surface area contributed by atoms with E-state index in [1.54, 1.807) is 0 Å². The Morgan fingerprint density at radius 2 is 2.12 bits per heavy atom. The van der Waals surface area contributed by atoms with Crippen LogP contribution in [-0.2, 0) is 0 Å². The van der Waals surface area contributed by atoms with E-state index in [2.05, 4.69) is 0 Å². The summed E-state index contributed by atoms with van der Waals surface area (Å²) >= 11 is 0. The average molecular weight is 138 g/mol. The number of nitrogens with two attached hydrogens (primary N) is 1. The molecule has 0 bridgehead atoms. The third-order valence-electron chi connectivity index (χ3n) is 1.71. The molecule has 1 rings (SSSR count). The van der Waals surface area contributed by atoms with Crippen LogP contribution < -0.4 is 5.73 Å². The summed E-state index contributed by atoms with van der Waals surface area (Å²) in [6.45, 7) is 0.279. The quantitative estimate of drug-likeness (QED) is 0.540. The van der Waals surface area contributed by atoms with Crippen molar-refractivity contribution in [2.75, 3.05) is 6.61 Å². The lowest BCUT2D eigenvalue weighted by molar-refractivity contribution is 0.138. The van der Waals surface area contributed by atoms with Crippen LogP contribution in [0.4, 0.5) is 0 Å². The molecule has 0 spiro atoms. The van der Waals surface area contributed by atoms with E-state index >= 15 is 0 Å². The summed E-state index contributed by atoms with van der Waals surface area (Å²) in [6.07, 6.45) is 2.23. The topological polar surface area (TPSA) is 46.2 Å². The van der Waals surface area contributed by atoms with Gasteiger partial charge < -0.3 is 10.8 Å². The monoisotopic (exact) mass is 137 g/mol. The first kappa shape index (κ1) is 8.21. The second-order valence-electron chi connectivity index (χ2n) is 2.18.